The standard InChI is InChI=1S/C18H25ClN4OS/c1-12-9-13(2)17(15(19)10-12)21-18(25)23-7-5-22(6-8-23)11-16(24)20-14-3-4-14/h9-10,14H,3-8,11H2,1-2H3,(H,20,24)(H,21,25)/p+1. The van der Waals surface area contributed by atoms with Crippen molar-refractivity contribution in [3.8, 4) is 0 Å². The number of benzene rings is 1. The van der Waals surface area contributed by atoms with Gasteiger partial charge in [-0.25, -0.2) is 0 Å². The highest BCUT2D eigenvalue weighted by atomic mass is 35.5. The molecule has 1 aromatic carbocycles. The molecule has 1 aliphatic heterocycles. The molecule has 1 saturated heterocycles. The molecule has 3 N–H and O–H groups in total. The fourth-order valence-corrected chi connectivity index (χ4v) is 3.85. The number of anilines is 1. The smallest absolute Gasteiger partial charge is 0.275 e. The maximum absolute atomic E-state index is 11.9. The van der Waals surface area contributed by atoms with Gasteiger partial charge >= 0.3 is 0 Å². The number of amides is 1. The highest BCUT2D eigenvalue weighted by Crippen LogP contribution is 2.27. The van der Waals surface area contributed by atoms with E-state index >= 15 is 0 Å². The lowest BCUT2D eigenvalue weighted by molar-refractivity contribution is -0.895. The number of quaternary nitrogens is 1. The summed E-state index contributed by atoms with van der Waals surface area (Å²) in [6.07, 6.45) is 2.27. The van der Waals surface area contributed by atoms with Gasteiger partial charge in [0.05, 0.1) is 36.9 Å². The number of carbonyl (C=O) groups excluding carboxylic acids is 1. The minimum atomic E-state index is 0.175. The molecule has 25 heavy (non-hydrogen) atoms. The Morgan fingerprint density at radius 1 is 1.32 bits per heavy atom. The monoisotopic (exact) mass is 381 g/mol. The van der Waals surface area contributed by atoms with Crippen LogP contribution in [-0.4, -0.2) is 54.7 Å². The lowest BCUT2D eigenvalue weighted by Crippen LogP contribution is -3.15. The second-order valence-corrected chi connectivity index (χ2v) is 7.92. The quantitative estimate of drug-likeness (QED) is 0.684. The number of hydrogen-bond acceptors (Lipinski definition) is 2. The summed E-state index contributed by atoms with van der Waals surface area (Å²) in [5.41, 5.74) is 3.12. The van der Waals surface area contributed by atoms with Crippen molar-refractivity contribution in [3.05, 3.63) is 28.3 Å². The number of hydrogen-bond donors (Lipinski definition) is 3. The van der Waals surface area contributed by atoms with Gasteiger partial charge in [0.25, 0.3) is 5.91 Å². The van der Waals surface area contributed by atoms with E-state index in [0.29, 0.717) is 22.7 Å². The van der Waals surface area contributed by atoms with Gasteiger partial charge in [0.1, 0.15) is 0 Å². The van der Waals surface area contributed by atoms with Crippen LogP contribution in [0.5, 0.6) is 0 Å². The number of nitrogens with one attached hydrogen (secondary N) is 3. The average Bonchev–Trinajstić information content (AvgIpc) is 3.35. The molecule has 1 aromatic rings. The summed E-state index contributed by atoms with van der Waals surface area (Å²) in [5, 5.41) is 7.76. The molecule has 1 saturated carbocycles. The van der Waals surface area contributed by atoms with Gasteiger partial charge in [-0.15, -0.1) is 0 Å². The first kappa shape index (κ1) is 18.4. The molecule has 1 heterocycles. The van der Waals surface area contributed by atoms with Crippen LogP contribution in [0.3, 0.4) is 0 Å². The van der Waals surface area contributed by atoms with E-state index in [2.05, 4.69) is 21.6 Å². The molecule has 136 valence electrons. The van der Waals surface area contributed by atoms with Crippen molar-refractivity contribution in [1.29, 1.82) is 0 Å². The zero-order valence-corrected chi connectivity index (χ0v) is 16.4. The lowest BCUT2D eigenvalue weighted by atomic mass is 10.1. The number of thiocarbonyl (C=S) groups is 1. The van der Waals surface area contributed by atoms with E-state index in [1.165, 1.54) is 4.90 Å². The Balaban J connectivity index is 1.49. The first-order valence-corrected chi connectivity index (χ1v) is 9.66. The molecule has 0 aromatic heterocycles. The highest BCUT2D eigenvalue weighted by molar-refractivity contribution is 7.80. The molecule has 0 radical (unpaired) electrons. The Hall–Kier alpha value is -1.37. The number of piperazine rings is 1. The van der Waals surface area contributed by atoms with E-state index < -0.39 is 0 Å². The Morgan fingerprint density at radius 3 is 2.60 bits per heavy atom. The molecule has 1 amide bonds. The van der Waals surface area contributed by atoms with Crippen LogP contribution in [0.4, 0.5) is 5.69 Å². The van der Waals surface area contributed by atoms with Crippen molar-refractivity contribution in [3.63, 3.8) is 0 Å². The van der Waals surface area contributed by atoms with Crippen molar-refractivity contribution >= 4 is 40.5 Å². The number of halogens is 1. The minimum Gasteiger partial charge on any atom is -0.348 e. The summed E-state index contributed by atoms with van der Waals surface area (Å²) in [6, 6.07) is 4.48. The molecule has 0 unspecified atom stereocenters. The van der Waals surface area contributed by atoms with Gasteiger partial charge in [0.2, 0.25) is 0 Å². The Morgan fingerprint density at radius 2 is 2.00 bits per heavy atom. The molecule has 5 nitrogen and oxygen atoms in total. The summed E-state index contributed by atoms with van der Waals surface area (Å²) in [6.45, 7) is 8.15. The third-order valence-electron chi connectivity index (χ3n) is 4.77. The molecule has 1 aliphatic carbocycles. The van der Waals surface area contributed by atoms with Crippen LogP contribution in [0.1, 0.15) is 24.0 Å². The predicted molar refractivity (Wildman–Crippen MR) is 105 cm³/mol. The van der Waals surface area contributed by atoms with E-state index in [1.807, 2.05) is 19.9 Å². The van der Waals surface area contributed by atoms with Crippen molar-refractivity contribution in [2.45, 2.75) is 32.7 Å². The van der Waals surface area contributed by atoms with Gasteiger partial charge in [-0.2, -0.15) is 0 Å². The maximum atomic E-state index is 11.9. The van der Waals surface area contributed by atoms with Gasteiger partial charge in [-0.1, -0.05) is 17.7 Å². The average molecular weight is 382 g/mol. The largest absolute Gasteiger partial charge is 0.348 e. The number of rotatable bonds is 4. The van der Waals surface area contributed by atoms with E-state index in [9.17, 15) is 4.79 Å². The first-order valence-electron chi connectivity index (χ1n) is 8.88. The van der Waals surface area contributed by atoms with Crippen LogP contribution >= 0.6 is 23.8 Å². The fraction of sp³-hybridized carbons (Fsp3) is 0.556. The molecule has 0 spiro atoms. The molecular formula is C18H26ClN4OS+. The summed E-state index contributed by atoms with van der Waals surface area (Å²) >= 11 is 11.9. The molecule has 0 bridgehead atoms. The normalized spacial score (nSPS) is 18.1. The predicted octanol–water partition coefficient (Wildman–Crippen LogP) is 1.13. The SMILES string of the molecule is Cc1cc(C)c(NC(=S)N2CC[NH+](CC(=O)NC3CC3)CC2)c(Cl)c1. The van der Waals surface area contributed by atoms with Crippen molar-refractivity contribution in [2.24, 2.45) is 0 Å². The second kappa shape index (κ2) is 7.89. The minimum absolute atomic E-state index is 0.175. The molecule has 2 aliphatic rings. The number of aryl methyl sites for hydroxylation is 2. The molecule has 2 fully saturated rings. The summed E-state index contributed by atoms with van der Waals surface area (Å²) in [4.78, 5) is 15.4. The maximum Gasteiger partial charge on any atom is 0.275 e. The lowest BCUT2D eigenvalue weighted by Gasteiger charge is -2.33. The van der Waals surface area contributed by atoms with Crippen LogP contribution in [-0.2, 0) is 4.79 Å². The van der Waals surface area contributed by atoms with E-state index in [-0.39, 0.29) is 5.91 Å². The molecule has 7 heteroatoms. The summed E-state index contributed by atoms with van der Waals surface area (Å²) < 4.78 is 0. The van der Waals surface area contributed by atoms with E-state index in [1.54, 1.807) is 0 Å². The zero-order chi connectivity index (χ0) is 18.0. The van der Waals surface area contributed by atoms with Crippen molar-refractivity contribution in [2.75, 3.05) is 38.0 Å². The van der Waals surface area contributed by atoms with Crippen molar-refractivity contribution in [1.82, 2.24) is 10.2 Å². The molecule has 3 rings (SSSR count). The number of carbonyl (C=O) groups is 1. The second-order valence-electron chi connectivity index (χ2n) is 7.12. The Kier molecular flexibility index (Phi) is 5.81. The molecule has 0 atom stereocenters. The van der Waals surface area contributed by atoms with Gasteiger partial charge in [0, 0.05) is 6.04 Å². The van der Waals surface area contributed by atoms with Crippen LogP contribution < -0.4 is 15.5 Å². The summed E-state index contributed by atoms with van der Waals surface area (Å²) in [5.74, 6) is 0.175. The van der Waals surface area contributed by atoms with E-state index in [0.717, 1.165) is 55.8 Å². The fourth-order valence-electron chi connectivity index (χ4n) is 3.20. The molecular weight excluding hydrogens is 356 g/mol. The topological polar surface area (TPSA) is 48.8 Å². The van der Waals surface area contributed by atoms with E-state index in [4.69, 9.17) is 23.8 Å². The van der Waals surface area contributed by atoms with Gasteiger partial charge < -0.3 is 20.4 Å². The van der Waals surface area contributed by atoms with Gasteiger partial charge in [0.15, 0.2) is 11.7 Å². The third-order valence-corrected chi connectivity index (χ3v) is 5.43. The summed E-state index contributed by atoms with van der Waals surface area (Å²) in [7, 11) is 0. The van der Waals surface area contributed by atoms with Crippen molar-refractivity contribution < 1.29 is 9.69 Å². The Bertz CT molecular complexity index is 646. The zero-order valence-electron chi connectivity index (χ0n) is 14.8. The van der Waals surface area contributed by atoms with Gasteiger partial charge in [-0.3, -0.25) is 4.79 Å². The van der Waals surface area contributed by atoms with Crippen LogP contribution in [0.2, 0.25) is 5.02 Å². The number of nitrogens with zero attached hydrogens (tertiary/aromatic N) is 1. The highest BCUT2D eigenvalue weighted by Gasteiger charge is 2.27. The van der Waals surface area contributed by atoms with Gasteiger partial charge in [-0.05, 0) is 56.1 Å². The Labute approximate surface area is 159 Å². The van der Waals surface area contributed by atoms with Crippen LogP contribution in [0, 0.1) is 13.8 Å². The first-order chi connectivity index (χ1) is 11.9. The third kappa shape index (κ3) is 5.06. The van der Waals surface area contributed by atoms with Crippen LogP contribution in [0.15, 0.2) is 12.1 Å². The van der Waals surface area contributed by atoms with Crippen LogP contribution in [0.25, 0.3) is 0 Å².